The molecule has 0 fully saturated rings. The average molecular weight is 165 g/mol. The summed E-state index contributed by atoms with van der Waals surface area (Å²) in [5, 5.41) is -0.663. The van der Waals surface area contributed by atoms with Gasteiger partial charge in [0.05, 0.1) is 6.61 Å². The minimum Gasteiger partial charge on any atom is -0.380 e. The molecular weight excluding hydrogens is 156 g/mol. The standard InChI is InChI=1S/C6H9ClO3/c1-2-10-4-5(3-8)6(7)9/h3,5H,2,4H2,1H3. The van der Waals surface area contributed by atoms with Crippen molar-refractivity contribution in [1.82, 2.24) is 0 Å². The van der Waals surface area contributed by atoms with E-state index >= 15 is 0 Å². The van der Waals surface area contributed by atoms with Crippen LogP contribution in [0.5, 0.6) is 0 Å². The predicted molar refractivity (Wildman–Crippen MR) is 36.9 cm³/mol. The normalized spacial score (nSPS) is 12.6. The minimum absolute atomic E-state index is 0.0856. The van der Waals surface area contributed by atoms with Crippen LogP contribution in [0.15, 0.2) is 0 Å². The number of carbonyl (C=O) groups excluding carboxylic acids is 2. The molecule has 0 saturated heterocycles. The summed E-state index contributed by atoms with van der Waals surface area (Å²) in [5.41, 5.74) is 0. The number of aldehydes is 1. The lowest BCUT2D eigenvalue weighted by atomic mass is 10.2. The van der Waals surface area contributed by atoms with Crippen LogP contribution in [-0.4, -0.2) is 24.7 Å². The van der Waals surface area contributed by atoms with Gasteiger partial charge in [0.2, 0.25) is 5.24 Å². The maximum Gasteiger partial charge on any atom is 0.234 e. The fourth-order valence-electron chi connectivity index (χ4n) is 0.403. The van der Waals surface area contributed by atoms with Gasteiger partial charge in [0.25, 0.3) is 0 Å². The van der Waals surface area contributed by atoms with Gasteiger partial charge < -0.3 is 9.53 Å². The van der Waals surface area contributed by atoms with Crippen LogP contribution in [0.25, 0.3) is 0 Å². The van der Waals surface area contributed by atoms with Gasteiger partial charge >= 0.3 is 0 Å². The van der Waals surface area contributed by atoms with E-state index in [1.54, 1.807) is 6.92 Å². The fraction of sp³-hybridized carbons (Fsp3) is 0.667. The summed E-state index contributed by atoms with van der Waals surface area (Å²) < 4.78 is 4.81. The van der Waals surface area contributed by atoms with Crippen LogP contribution in [0.4, 0.5) is 0 Å². The third-order valence-electron chi connectivity index (χ3n) is 0.957. The van der Waals surface area contributed by atoms with E-state index in [-0.39, 0.29) is 6.61 Å². The predicted octanol–water partition coefficient (Wildman–Crippen LogP) is 0.603. The van der Waals surface area contributed by atoms with Crippen LogP contribution in [-0.2, 0) is 14.3 Å². The Labute approximate surface area is 64.3 Å². The number of ether oxygens (including phenoxy) is 1. The van der Waals surface area contributed by atoms with Crippen molar-refractivity contribution in [3.8, 4) is 0 Å². The van der Waals surface area contributed by atoms with E-state index in [2.05, 4.69) is 0 Å². The summed E-state index contributed by atoms with van der Waals surface area (Å²) in [6.45, 7) is 2.34. The summed E-state index contributed by atoms with van der Waals surface area (Å²) in [6.07, 6.45) is 0.491. The van der Waals surface area contributed by atoms with Crippen molar-refractivity contribution < 1.29 is 14.3 Å². The first-order valence-electron chi connectivity index (χ1n) is 2.94. The van der Waals surface area contributed by atoms with E-state index in [9.17, 15) is 9.59 Å². The Hall–Kier alpha value is -0.410. The maximum absolute atomic E-state index is 10.3. The second kappa shape index (κ2) is 5.38. The number of hydrogen-bond donors (Lipinski definition) is 0. The van der Waals surface area contributed by atoms with Gasteiger partial charge in [-0.15, -0.1) is 0 Å². The first-order chi connectivity index (χ1) is 4.72. The van der Waals surface area contributed by atoms with Crippen LogP contribution in [0, 0.1) is 5.92 Å². The van der Waals surface area contributed by atoms with Crippen LogP contribution >= 0.6 is 11.6 Å². The molecule has 0 aliphatic rings. The van der Waals surface area contributed by atoms with E-state index in [0.717, 1.165) is 0 Å². The lowest BCUT2D eigenvalue weighted by Gasteiger charge is -2.02. The molecule has 0 spiro atoms. The smallest absolute Gasteiger partial charge is 0.234 e. The van der Waals surface area contributed by atoms with Crippen molar-refractivity contribution in [2.75, 3.05) is 13.2 Å². The highest BCUT2D eigenvalue weighted by molar-refractivity contribution is 6.65. The average Bonchev–Trinajstić information content (AvgIpc) is 1.89. The van der Waals surface area contributed by atoms with Gasteiger partial charge in [0, 0.05) is 6.61 Å². The number of hydrogen-bond acceptors (Lipinski definition) is 3. The Morgan fingerprint density at radius 2 is 2.40 bits per heavy atom. The third kappa shape index (κ3) is 3.58. The van der Waals surface area contributed by atoms with E-state index in [4.69, 9.17) is 16.3 Å². The zero-order chi connectivity index (χ0) is 7.98. The molecule has 0 heterocycles. The molecule has 1 atom stereocenters. The maximum atomic E-state index is 10.3. The molecular formula is C6H9ClO3. The van der Waals surface area contributed by atoms with Gasteiger partial charge in [-0.1, -0.05) is 0 Å². The second-order valence-corrected chi connectivity index (χ2v) is 2.08. The summed E-state index contributed by atoms with van der Waals surface area (Å²) >= 11 is 5.03. The van der Waals surface area contributed by atoms with Gasteiger partial charge in [-0.25, -0.2) is 0 Å². The van der Waals surface area contributed by atoms with Crippen molar-refractivity contribution in [2.45, 2.75) is 6.92 Å². The van der Waals surface area contributed by atoms with Crippen molar-refractivity contribution >= 4 is 23.1 Å². The Morgan fingerprint density at radius 3 is 2.70 bits per heavy atom. The van der Waals surface area contributed by atoms with Crippen LogP contribution in [0.3, 0.4) is 0 Å². The molecule has 0 aliphatic heterocycles. The zero-order valence-electron chi connectivity index (χ0n) is 5.67. The molecule has 0 aromatic rings. The lowest BCUT2D eigenvalue weighted by Crippen LogP contribution is -2.17. The number of carbonyl (C=O) groups is 2. The summed E-state index contributed by atoms with van der Waals surface area (Å²) in [6, 6.07) is 0. The Kier molecular flexibility index (Phi) is 5.16. The highest BCUT2D eigenvalue weighted by Crippen LogP contribution is 1.98. The molecule has 1 unspecified atom stereocenters. The van der Waals surface area contributed by atoms with E-state index < -0.39 is 11.2 Å². The zero-order valence-corrected chi connectivity index (χ0v) is 6.43. The summed E-state index contributed by atoms with van der Waals surface area (Å²) in [4.78, 5) is 20.4. The van der Waals surface area contributed by atoms with Gasteiger partial charge in [-0.3, -0.25) is 4.79 Å². The molecule has 3 nitrogen and oxygen atoms in total. The first-order valence-corrected chi connectivity index (χ1v) is 3.32. The molecule has 58 valence electrons. The lowest BCUT2D eigenvalue weighted by molar-refractivity contribution is -0.124. The Morgan fingerprint density at radius 1 is 1.80 bits per heavy atom. The molecule has 0 N–H and O–H groups in total. The Balaban J connectivity index is 3.60. The molecule has 0 amide bonds. The molecule has 0 saturated carbocycles. The number of halogens is 1. The fourth-order valence-corrected chi connectivity index (χ4v) is 0.518. The highest BCUT2D eigenvalue weighted by Gasteiger charge is 2.14. The third-order valence-corrected chi connectivity index (χ3v) is 1.24. The van der Waals surface area contributed by atoms with Gasteiger partial charge in [0.15, 0.2) is 0 Å². The first kappa shape index (κ1) is 9.59. The highest BCUT2D eigenvalue weighted by atomic mass is 35.5. The number of rotatable bonds is 5. The van der Waals surface area contributed by atoms with Crippen molar-refractivity contribution in [2.24, 2.45) is 5.92 Å². The molecule has 10 heavy (non-hydrogen) atoms. The summed E-state index contributed by atoms with van der Waals surface area (Å²) in [7, 11) is 0. The van der Waals surface area contributed by atoms with Crippen LogP contribution in [0.1, 0.15) is 6.92 Å². The Bertz CT molecular complexity index is 124. The minimum atomic E-state index is -0.804. The molecule has 4 heteroatoms. The molecule has 0 aromatic heterocycles. The topological polar surface area (TPSA) is 43.4 Å². The van der Waals surface area contributed by atoms with Gasteiger partial charge in [0.1, 0.15) is 12.2 Å². The van der Waals surface area contributed by atoms with Gasteiger partial charge in [-0.2, -0.15) is 0 Å². The molecule has 0 rings (SSSR count). The van der Waals surface area contributed by atoms with Gasteiger partial charge in [-0.05, 0) is 18.5 Å². The van der Waals surface area contributed by atoms with Crippen LogP contribution in [0.2, 0.25) is 0 Å². The van der Waals surface area contributed by atoms with E-state index in [1.807, 2.05) is 0 Å². The SMILES string of the molecule is CCOCC(C=O)C(=O)Cl. The molecule has 0 radical (unpaired) electrons. The van der Waals surface area contributed by atoms with E-state index in [0.29, 0.717) is 12.9 Å². The summed E-state index contributed by atoms with van der Waals surface area (Å²) in [5.74, 6) is -0.804. The van der Waals surface area contributed by atoms with Crippen molar-refractivity contribution in [3.05, 3.63) is 0 Å². The van der Waals surface area contributed by atoms with E-state index in [1.165, 1.54) is 0 Å². The largest absolute Gasteiger partial charge is 0.380 e. The second-order valence-electron chi connectivity index (χ2n) is 1.71. The molecule has 0 aromatic carbocycles. The molecule has 0 aliphatic carbocycles. The van der Waals surface area contributed by atoms with Crippen LogP contribution < -0.4 is 0 Å². The van der Waals surface area contributed by atoms with Crippen molar-refractivity contribution in [3.63, 3.8) is 0 Å². The quantitative estimate of drug-likeness (QED) is 0.340. The monoisotopic (exact) mass is 164 g/mol. The van der Waals surface area contributed by atoms with Crippen molar-refractivity contribution in [1.29, 1.82) is 0 Å². The molecule has 0 bridgehead atoms.